The van der Waals surface area contributed by atoms with Crippen molar-refractivity contribution in [1.29, 1.82) is 0 Å². The molecule has 23 heavy (non-hydrogen) atoms. The summed E-state index contributed by atoms with van der Waals surface area (Å²) in [7, 11) is 0. The van der Waals surface area contributed by atoms with Gasteiger partial charge in [-0.05, 0) is 42.8 Å². The van der Waals surface area contributed by atoms with E-state index in [2.05, 4.69) is 15.7 Å². The van der Waals surface area contributed by atoms with Crippen molar-refractivity contribution in [1.82, 2.24) is 15.1 Å². The van der Waals surface area contributed by atoms with E-state index in [1.54, 1.807) is 23.0 Å². The zero-order chi connectivity index (χ0) is 16.1. The molecule has 1 saturated carbocycles. The van der Waals surface area contributed by atoms with Gasteiger partial charge in [0, 0.05) is 12.2 Å². The summed E-state index contributed by atoms with van der Waals surface area (Å²) in [6.07, 6.45) is 9.90. The molecular formula is C17H21FN4S. The normalized spacial score (nSPS) is 15.3. The van der Waals surface area contributed by atoms with Gasteiger partial charge in [-0.25, -0.2) is 4.39 Å². The molecule has 6 heteroatoms. The molecule has 1 heterocycles. The lowest BCUT2D eigenvalue weighted by Crippen LogP contribution is -2.38. The molecule has 3 rings (SSSR count). The van der Waals surface area contributed by atoms with Crippen LogP contribution in [0.15, 0.2) is 36.7 Å². The van der Waals surface area contributed by atoms with Gasteiger partial charge in [-0.1, -0.05) is 31.4 Å². The van der Waals surface area contributed by atoms with Crippen LogP contribution >= 0.6 is 12.2 Å². The average Bonchev–Trinajstić information content (AvgIpc) is 2.97. The molecule has 0 radical (unpaired) electrons. The Morgan fingerprint density at radius 1 is 1.22 bits per heavy atom. The van der Waals surface area contributed by atoms with Crippen LogP contribution in [0.25, 0.3) is 0 Å². The Morgan fingerprint density at radius 3 is 2.70 bits per heavy atom. The number of rotatable bonds is 4. The Bertz CT molecular complexity index is 647. The molecule has 1 fully saturated rings. The number of hydrogen-bond donors (Lipinski definition) is 2. The SMILES string of the molecule is Fc1ccc(Cn2cc(NC(=S)NC3CCCCC3)cn2)cc1. The van der Waals surface area contributed by atoms with Gasteiger partial charge < -0.3 is 10.6 Å². The third-order valence-electron chi connectivity index (χ3n) is 4.09. The van der Waals surface area contributed by atoms with Crippen molar-refractivity contribution in [2.45, 2.75) is 44.7 Å². The summed E-state index contributed by atoms with van der Waals surface area (Å²) in [5.74, 6) is -0.226. The summed E-state index contributed by atoms with van der Waals surface area (Å²) < 4.78 is 14.7. The number of anilines is 1. The molecule has 122 valence electrons. The number of nitrogens with one attached hydrogen (secondary N) is 2. The minimum Gasteiger partial charge on any atom is -0.360 e. The maximum atomic E-state index is 12.9. The van der Waals surface area contributed by atoms with Crippen LogP contribution in [0.2, 0.25) is 0 Å². The third-order valence-corrected chi connectivity index (χ3v) is 4.31. The van der Waals surface area contributed by atoms with E-state index in [0.717, 1.165) is 11.3 Å². The second-order valence-electron chi connectivity index (χ2n) is 5.99. The molecule has 1 aromatic carbocycles. The standard InChI is InChI=1S/C17H21FN4S/c18-14-8-6-13(7-9-14)11-22-12-16(10-19-22)21-17(23)20-15-4-2-1-3-5-15/h6-10,12,15H,1-5,11H2,(H2,20,21,23). The Labute approximate surface area is 141 Å². The van der Waals surface area contributed by atoms with E-state index in [1.165, 1.54) is 44.2 Å². The number of halogens is 1. The van der Waals surface area contributed by atoms with E-state index in [9.17, 15) is 4.39 Å². The molecule has 0 aliphatic heterocycles. The fourth-order valence-electron chi connectivity index (χ4n) is 2.89. The molecule has 0 amide bonds. The highest BCUT2D eigenvalue weighted by atomic mass is 32.1. The van der Waals surface area contributed by atoms with E-state index in [1.807, 2.05) is 6.20 Å². The molecule has 0 spiro atoms. The highest BCUT2D eigenvalue weighted by Crippen LogP contribution is 2.17. The van der Waals surface area contributed by atoms with Crippen LogP contribution in [0.4, 0.5) is 10.1 Å². The summed E-state index contributed by atoms with van der Waals surface area (Å²) in [6, 6.07) is 6.93. The van der Waals surface area contributed by atoms with Crippen LogP contribution in [0.3, 0.4) is 0 Å². The smallest absolute Gasteiger partial charge is 0.171 e. The lowest BCUT2D eigenvalue weighted by atomic mass is 9.96. The minimum atomic E-state index is -0.226. The first-order valence-electron chi connectivity index (χ1n) is 8.03. The molecule has 2 N–H and O–H groups in total. The van der Waals surface area contributed by atoms with Gasteiger partial charge in [-0.2, -0.15) is 5.10 Å². The van der Waals surface area contributed by atoms with E-state index in [-0.39, 0.29) is 5.82 Å². The van der Waals surface area contributed by atoms with Gasteiger partial charge in [0.25, 0.3) is 0 Å². The first-order valence-corrected chi connectivity index (χ1v) is 8.44. The number of thiocarbonyl (C=S) groups is 1. The molecule has 0 saturated heterocycles. The Hall–Kier alpha value is -1.95. The van der Waals surface area contributed by atoms with Crippen molar-refractivity contribution in [2.24, 2.45) is 0 Å². The highest BCUT2D eigenvalue weighted by Gasteiger charge is 2.14. The van der Waals surface area contributed by atoms with Crippen LogP contribution in [0.5, 0.6) is 0 Å². The van der Waals surface area contributed by atoms with E-state index < -0.39 is 0 Å². The molecule has 0 unspecified atom stereocenters. The molecular weight excluding hydrogens is 311 g/mol. The monoisotopic (exact) mass is 332 g/mol. The molecule has 1 aromatic heterocycles. The summed E-state index contributed by atoms with van der Waals surface area (Å²) >= 11 is 5.37. The fourth-order valence-corrected chi connectivity index (χ4v) is 3.18. The lowest BCUT2D eigenvalue weighted by molar-refractivity contribution is 0.415. The Balaban J connectivity index is 1.52. The first kappa shape index (κ1) is 15.9. The van der Waals surface area contributed by atoms with Gasteiger partial charge in [0.1, 0.15) is 5.82 Å². The molecule has 0 bridgehead atoms. The third kappa shape index (κ3) is 4.76. The Morgan fingerprint density at radius 2 is 1.96 bits per heavy atom. The second kappa shape index (κ2) is 7.55. The summed E-state index contributed by atoms with van der Waals surface area (Å²) in [5, 5.41) is 11.5. The van der Waals surface area contributed by atoms with E-state index in [0.29, 0.717) is 17.7 Å². The molecule has 4 nitrogen and oxygen atoms in total. The Kier molecular flexibility index (Phi) is 5.23. The van der Waals surface area contributed by atoms with Crippen molar-refractivity contribution >= 4 is 23.0 Å². The lowest BCUT2D eigenvalue weighted by Gasteiger charge is -2.24. The van der Waals surface area contributed by atoms with Crippen LogP contribution in [-0.4, -0.2) is 20.9 Å². The van der Waals surface area contributed by atoms with Gasteiger partial charge in [0.15, 0.2) is 5.11 Å². The van der Waals surface area contributed by atoms with E-state index in [4.69, 9.17) is 12.2 Å². The summed E-state index contributed by atoms with van der Waals surface area (Å²) in [6.45, 7) is 0.602. The van der Waals surface area contributed by atoms with Crippen molar-refractivity contribution in [3.8, 4) is 0 Å². The van der Waals surface area contributed by atoms with Crippen molar-refractivity contribution in [3.05, 3.63) is 48.0 Å². The van der Waals surface area contributed by atoms with Crippen LogP contribution in [0.1, 0.15) is 37.7 Å². The number of nitrogens with zero attached hydrogens (tertiary/aromatic N) is 2. The molecule has 2 aromatic rings. The predicted molar refractivity (Wildman–Crippen MR) is 94.0 cm³/mol. The maximum absolute atomic E-state index is 12.9. The van der Waals surface area contributed by atoms with Gasteiger partial charge in [-0.3, -0.25) is 4.68 Å². The van der Waals surface area contributed by atoms with E-state index >= 15 is 0 Å². The topological polar surface area (TPSA) is 41.9 Å². The average molecular weight is 332 g/mol. The highest BCUT2D eigenvalue weighted by molar-refractivity contribution is 7.80. The number of hydrogen-bond acceptors (Lipinski definition) is 2. The fraction of sp³-hybridized carbons (Fsp3) is 0.412. The van der Waals surface area contributed by atoms with Gasteiger partial charge >= 0.3 is 0 Å². The first-order chi connectivity index (χ1) is 11.2. The number of aromatic nitrogens is 2. The quantitative estimate of drug-likeness (QED) is 0.838. The summed E-state index contributed by atoms with van der Waals surface area (Å²) in [4.78, 5) is 0. The van der Waals surface area contributed by atoms with Crippen molar-refractivity contribution in [3.63, 3.8) is 0 Å². The maximum Gasteiger partial charge on any atom is 0.171 e. The number of benzene rings is 1. The zero-order valence-electron chi connectivity index (χ0n) is 13.0. The van der Waals surface area contributed by atoms with Crippen molar-refractivity contribution in [2.75, 3.05) is 5.32 Å². The van der Waals surface area contributed by atoms with Crippen molar-refractivity contribution < 1.29 is 4.39 Å². The zero-order valence-corrected chi connectivity index (χ0v) is 13.8. The predicted octanol–water partition coefficient (Wildman–Crippen LogP) is 3.69. The molecule has 0 atom stereocenters. The molecule has 1 aliphatic carbocycles. The van der Waals surface area contributed by atoms with Gasteiger partial charge in [0.05, 0.1) is 18.4 Å². The van der Waals surface area contributed by atoms with Crippen LogP contribution in [-0.2, 0) is 6.54 Å². The van der Waals surface area contributed by atoms with Gasteiger partial charge in [0.2, 0.25) is 0 Å². The minimum absolute atomic E-state index is 0.226. The molecule has 1 aliphatic rings. The second-order valence-corrected chi connectivity index (χ2v) is 6.39. The van der Waals surface area contributed by atoms with Crippen LogP contribution < -0.4 is 10.6 Å². The van der Waals surface area contributed by atoms with Crippen LogP contribution in [0, 0.1) is 5.82 Å². The van der Waals surface area contributed by atoms with Gasteiger partial charge in [-0.15, -0.1) is 0 Å². The summed E-state index contributed by atoms with van der Waals surface area (Å²) in [5.41, 5.74) is 1.87. The largest absolute Gasteiger partial charge is 0.360 e.